The minimum Gasteiger partial charge on any atom is -0.378 e. The molecule has 1 aliphatic heterocycles. The van der Waals surface area contributed by atoms with E-state index in [1.807, 2.05) is 29.2 Å². The van der Waals surface area contributed by atoms with Gasteiger partial charge in [0.25, 0.3) is 11.6 Å². The van der Waals surface area contributed by atoms with Gasteiger partial charge < -0.3 is 15.0 Å². The fourth-order valence-electron chi connectivity index (χ4n) is 2.75. The number of carbonyl (C=O) groups is 1. The number of rotatable bonds is 4. The van der Waals surface area contributed by atoms with Crippen LogP contribution in [0, 0.1) is 13.7 Å². The molecule has 0 saturated carbocycles. The molecule has 10 heteroatoms. The zero-order chi connectivity index (χ0) is 20.1. The number of anilines is 2. The maximum Gasteiger partial charge on any atom is 0.293 e. The normalized spacial score (nSPS) is 13.7. The van der Waals surface area contributed by atoms with Crippen LogP contribution in [-0.2, 0) is 4.74 Å². The van der Waals surface area contributed by atoms with Crippen molar-refractivity contribution in [3.8, 4) is 0 Å². The van der Waals surface area contributed by atoms with Gasteiger partial charge >= 0.3 is 0 Å². The van der Waals surface area contributed by atoms with Crippen molar-refractivity contribution in [1.82, 2.24) is 5.32 Å². The van der Waals surface area contributed by atoms with E-state index in [1.54, 1.807) is 12.1 Å². The molecular formula is C18H17IN4O4S. The molecule has 0 unspecified atom stereocenters. The molecule has 1 aliphatic rings. The maximum absolute atomic E-state index is 12.5. The molecular weight excluding hydrogens is 495 g/mol. The van der Waals surface area contributed by atoms with E-state index in [9.17, 15) is 14.9 Å². The molecule has 8 nitrogen and oxygen atoms in total. The quantitative estimate of drug-likeness (QED) is 0.281. The van der Waals surface area contributed by atoms with Gasteiger partial charge in [-0.2, -0.15) is 0 Å². The highest BCUT2D eigenvalue weighted by Crippen LogP contribution is 2.30. The molecule has 0 bridgehead atoms. The number of thiocarbonyl (C=S) groups is 1. The minimum absolute atomic E-state index is 0.117. The lowest BCUT2D eigenvalue weighted by Crippen LogP contribution is -2.37. The topological polar surface area (TPSA) is 96.7 Å². The van der Waals surface area contributed by atoms with Gasteiger partial charge in [0.05, 0.1) is 18.1 Å². The van der Waals surface area contributed by atoms with E-state index in [2.05, 4.69) is 33.2 Å². The Morgan fingerprint density at radius 1 is 1.18 bits per heavy atom. The Bertz CT molecular complexity index is 901. The zero-order valence-corrected chi connectivity index (χ0v) is 17.7. The first-order valence-electron chi connectivity index (χ1n) is 8.43. The van der Waals surface area contributed by atoms with Gasteiger partial charge in [-0.1, -0.05) is 0 Å². The lowest BCUT2D eigenvalue weighted by molar-refractivity contribution is -0.384. The summed E-state index contributed by atoms with van der Waals surface area (Å²) in [5.41, 5.74) is 1.25. The van der Waals surface area contributed by atoms with Gasteiger partial charge in [0.15, 0.2) is 5.11 Å². The van der Waals surface area contributed by atoms with Crippen LogP contribution in [0.5, 0.6) is 0 Å². The standard InChI is InChI=1S/C18H17IN4O4S/c19-13-2-4-14(5-3-13)20-18(28)21-17(24)12-1-6-15(16(11-12)23(25)26)22-7-9-27-10-8-22/h1-6,11H,7-10H2,(H2,20,21,24,28). The van der Waals surface area contributed by atoms with Crippen LogP contribution in [0.2, 0.25) is 0 Å². The third-order valence-electron chi connectivity index (χ3n) is 4.12. The Balaban J connectivity index is 1.72. The summed E-state index contributed by atoms with van der Waals surface area (Å²) < 4.78 is 6.36. The summed E-state index contributed by atoms with van der Waals surface area (Å²) in [4.78, 5) is 25.4. The van der Waals surface area contributed by atoms with Gasteiger partial charge in [-0.3, -0.25) is 20.2 Å². The number of amides is 1. The Hall–Kier alpha value is -2.31. The Kier molecular flexibility index (Phi) is 6.75. The van der Waals surface area contributed by atoms with Crippen LogP contribution in [0.3, 0.4) is 0 Å². The number of nitrogens with one attached hydrogen (secondary N) is 2. The lowest BCUT2D eigenvalue weighted by atomic mass is 10.1. The Labute approximate surface area is 180 Å². The zero-order valence-electron chi connectivity index (χ0n) is 14.7. The summed E-state index contributed by atoms with van der Waals surface area (Å²) in [6.07, 6.45) is 0. The van der Waals surface area contributed by atoms with E-state index in [0.29, 0.717) is 32.0 Å². The van der Waals surface area contributed by atoms with E-state index >= 15 is 0 Å². The molecule has 1 saturated heterocycles. The van der Waals surface area contributed by atoms with Crippen molar-refractivity contribution in [1.29, 1.82) is 0 Å². The first kappa shape index (κ1) is 20.4. The number of hydrogen-bond acceptors (Lipinski definition) is 6. The van der Waals surface area contributed by atoms with Crippen molar-refractivity contribution in [2.75, 3.05) is 36.5 Å². The van der Waals surface area contributed by atoms with Crippen LogP contribution in [-0.4, -0.2) is 42.2 Å². The summed E-state index contributed by atoms with van der Waals surface area (Å²) in [7, 11) is 0. The molecule has 0 aromatic heterocycles. The van der Waals surface area contributed by atoms with E-state index < -0.39 is 10.8 Å². The number of carbonyl (C=O) groups excluding carboxylic acids is 1. The SMILES string of the molecule is O=C(NC(=S)Nc1ccc(I)cc1)c1ccc(N2CCOCC2)c([N+](=O)[O-])c1. The number of benzene rings is 2. The first-order valence-corrected chi connectivity index (χ1v) is 9.92. The molecule has 2 aromatic rings. The predicted octanol–water partition coefficient (Wildman–Crippen LogP) is 3.16. The van der Waals surface area contributed by atoms with Crippen molar-refractivity contribution in [2.24, 2.45) is 0 Å². The van der Waals surface area contributed by atoms with Gasteiger partial charge in [-0.15, -0.1) is 0 Å². The molecule has 1 amide bonds. The number of nitro groups is 1. The lowest BCUT2D eigenvalue weighted by Gasteiger charge is -2.28. The summed E-state index contributed by atoms with van der Waals surface area (Å²) in [6.45, 7) is 2.16. The van der Waals surface area contributed by atoms with Crippen LogP contribution in [0.25, 0.3) is 0 Å². The molecule has 2 aromatic carbocycles. The second-order valence-electron chi connectivity index (χ2n) is 5.98. The van der Waals surface area contributed by atoms with Crippen LogP contribution in [0.4, 0.5) is 17.1 Å². The number of nitrogens with zero attached hydrogens (tertiary/aromatic N) is 2. The van der Waals surface area contributed by atoms with E-state index in [0.717, 1.165) is 9.26 Å². The second kappa shape index (κ2) is 9.26. The van der Waals surface area contributed by atoms with Crippen LogP contribution in [0.1, 0.15) is 10.4 Å². The van der Waals surface area contributed by atoms with Crippen LogP contribution >= 0.6 is 34.8 Å². The van der Waals surface area contributed by atoms with Crippen molar-refractivity contribution < 1.29 is 14.5 Å². The van der Waals surface area contributed by atoms with Gasteiger partial charge in [0, 0.05) is 34.0 Å². The first-order chi connectivity index (χ1) is 13.4. The molecule has 0 aliphatic carbocycles. The smallest absolute Gasteiger partial charge is 0.293 e. The molecule has 1 heterocycles. The van der Waals surface area contributed by atoms with E-state index in [1.165, 1.54) is 6.07 Å². The highest BCUT2D eigenvalue weighted by atomic mass is 127. The number of nitro benzene ring substituents is 1. The van der Waals surface area contributed by atoms with Gasteiger partial charge in [0.2, 0.25) is 0 Å². The monoisotopic (exact) mass is 512 g/mol. The van der Waals surface area contributed by atoms with Crippen molar-refractivity contribution in [3.05, 3.63) is 61.7 Å². The average molecular weight is 512 g/mol. The molecule has 0 atom stereocenters. The fourth-order valence-corrected chi connectivity index (χ4v) is 3.32. The molecule has 146 valence electrons. The summed E-state index contributed by atoms with van der Waals surface area (Å²) in [5.74, 6) is -0.514. The number of morpholine rings is 1. The summed E-state index contributed by atoms with van der Waals surface area (Å²) >= 11 is 7.35. The highest BCUT2D eigenvalue weighted by Gasteiger charge is 2.23. The van der Waals surface area contributed by atoms with Crippen molar-refractivity contribution in [3.63, 3.8) is 0 Å². The minimum atomic E-state index is -0.514. The van der Waals surface area contributed by atoms with Gasteiger partial charge in [-0.05, 0) is 71.2 Å². The third-order valence-corrected chi connectivity index (χ3v) is 5.04. The van der Waals surface area contributed by atoms with E-state index in [4.69, 9.17) is 17.0 Å². The van der Waals surface area contributed by atoms with Crippen molar-refractivity contribution in [2.45, 2.75) is 0 Å². The number of ether oxygens (including phenoxy) is 1. The van der Waals surface area contributed by atoms with Crippen molar-refractivity contribution >= 4 is 62.9 Å². The summed E-state index contributed by atoms with van der Waals surface area (Å²) in [5, 5.41) is 17.1. The molecule has 28 heavy (non-hydrogen) atoms. The van der Waals surface area contributed by atoms with E-state index in [-0.39, 0.29) is 16.4 Å². The molecule has 3 rings (SSSR count). The molecule has 1 fully saturated rings. The van der Waals surface area contributed by atoms with Gasteiger partial charge in [0.1, 0.15) is 5.69 Å². The average Bonchev–Trinajstić information content (AvgIpc) is 2.69. The van der Waals surface area contributed by atoms with Crippen LogP contribution in [0.15, 0.2) is 42.5 Å². The maximum atomic E-state index is 12.5. The van der Waals surface area contributed by atoms with Crippen LogP contribution < -0.4 is 15.5 Å². The highest BCUT2D eigenvalue weighted by molar-refractivity contribution is 14.1. The molecule has 0 spiro atoms. The second-order valence-corrected chi connectivity index (χ2v) is 7.63. The molecule has 0 radical (unpaired) electrons. The Morgan fingerprint density at radius 3 is 2.50 bits per heavy atom. The summed E-state index contributed by atoms with van der Waals surface area (Å²) in [6, 6.07) is 11.9. The number of hydrogen-bond donors (Lipinski definition) is 2. The third kappa shape index (κ3) is 5.14. The van der Waals surface area contributed by atoms with Gasteiger partial charge in [-0.25, -0.2) is 0 Å². The fraction of sp³-hybridized carbons (Fsp3) is 0.222. The largest absolute Gasteiger partial charge is 0.378 e. The predicted molar refractivity (Wildman–Crippen MR) is 119 cm³/mol. The molecule has 2 N–H and O–H groups in total. The number of halogens is 1. The Morgan fingerprint density at radius 2 is 1.86 bits per heavy atom.